The van der Waals surface area contributed by atoms with Crippen LogP contribution in [0.15, 0.2) is 16.7 Å². The van der Waals surface area contributed by atoms with Gasteiger partial charge >= 0.3 is 5.97 Å². The smallest absolute Gasteiger partial charge is 0.341 e. The van der Waals surface area contributed by atoms with E-state index < -0.39 is 0 Å². The van der Waals surface area contributed by atoms with Crippen LogP contribution in [0, 0.1) is 0 Å². The molecule has 84 valence electrons. The predicted molar refractivity (Wildman–Crippen MR) is 57.9 cm³/mol. The lowest BCUT2D eigenvalue weighted by Crippen LogP contribution is -2.02. The zero-order valence-corrected chi connectivity index (χ0v) is 9.38. The molecule has 0 fully saturated rings. The molecule has 4 nitrogen and oxygen atoms in total. The molecule has 1 aromatic rings. The first-order valence-electron chi connectivity index (χ1n) is 4.63. The van der Waals surface area contributed by atoms with Gasteiger partial charge in [0.25, 0.3) is 0 Å². The van der Waals surface area contributed by atoms with E-state index in [0.29, 0.717) is 17.1 Å². The first kappa shape index (κ1) is 12.1. The van der Waals surface area contributed by atoms with Crippen LogP contribution in [0.5, 0.6) is 0 Å². The van der Waals surface area contributed by atoms with Crippen LogP contribution in [0.1, 0.15) is 22.5 Å². The van der Waals surface area contributed by atoms with Gasteiger partial charge in [-0.05, 0) is 18.2 Å². The van der Waals surface area contributed by atoms with Crippen molar-refractivity contribution < 1.29 is 19.1 Å². The van der Waals surface area contributed by atoms with E-state index in [1.165, 1.54) is 13.4 Å². The molecule has 1 heterocycles. The zero-order chi connectivity index (χ0) is 11.1. The Morgan fingerprint density at radius 2 is 2.47 bits per heavy atom. The van der Waals surface area contributed by atoms with E-state index in [0.717, 1.165) is 12.2 Å². The van der Waals surface area contributed by atoms with Crippen molar-refractivity contribution in [2.45, 2.75) is 12.2 Å². The number of thioether (sulfide) groups is 1. The van der Waals surface area contributed by atoms with E-state index in [9.17, 15) is 4.79 Å². The Kier molecular flexibility index (Phi) is 5.28. The van der Waals surface area contributed by atoms with Gasteiger partial charge in [0.05, 0.1) is 19.1 Å². The van der Waals surface area contributed by atoms with Crippen LogP contribution in [-0.4, -0.2) is 30.5 Å². The van der Waals surface area contributed by atoms with Crippen LogP contribution >= 0.6 is 11.8 Å². The molecule has 5 heteroatoms. The van der Waals surface area contributed by atoms with E-state index in [-0.39, 0.29) is 12.6 Å². The minimum atomic E-state index is -0.374. The zero-order valence-electron chi connectivity index (χ0n) is 8.56. The second kappa shape index (κ2) is 6.53. The molecular formula is C10H14O4S. The topological polar surface area (TPSA) is 59.7 Å². The molecule has 0 unspecified atom stereocenters. The third kappa shape index (κ3) is 3.60. The first-order chi connectivity index (χ1) is 7.29. The molecule has 1 aromatic heterocycles. The van der Waals surface area contributed by atoms with Crippen LogP contribution in [0.3, 0.4) is 0 Å². The molecule has 0 aliphatic carbocycles. The lowest BCUT2D eigenvalue weighted by Gasteiger charge is -2.00. The summed E-state index contributed by atoms with van der Waals surface area (Å²) in [5, 5.41) is 8.59. The lowest BCUT2D eigenvalue weighted by atomic mass is 10.3. The molecule has 0 saturated carbocycles. The molecule has 0 aromatic carbocycles. The van der Waals surface area contributed by atoms with Crippen molar-refractivity contribution in [1.82, 2.24) is 0 Å². The highest BCUT2D eigenvalue weighted by atomic mass is 32.2. The number of carbonyl (C=O) groups excluding carboxylic acids is 1. The highest BCUT2D eigenvalue weighted by Gasteiger charge is 2.14. The molecule has 1 rings (SSSR count). The maximum absolute atomic E-state index is 11.3. The third-order valence-electron chi connectivity index (χ3n) is 1.83. The average Bonchev–Trinajstić information content (AvgIpc) is 2.71. The molecule has 0 radical (unpaired) electrons. The minimum Gasteiger partial charge on any atom is -0.468 e. The minimum absolute atomic E-state index is 0.189. The summed E-state index contributed by atoms with van der Waals surface area (Å²) in [4.78, 5) is 11.3. The number of aliphatic hydroxyl groups excluding tert-OH is 1. The summed E-state index contributed by atoms with van der Waals surface area (Å²) in [6, 6.07) is 1.60. The maximum atomic E-state index is 11.3. The summed E-state index contributed by atoms with van der Waals surface area (Å²) in [5.74, 6) is 1.72. The first-order valence-corrected chi connectivity index (χ1v) is 5.78. The van der Waals surface area contributed by atoms with Gasteiger partial charge in [-0.25, -0.2) is 4.79 Å². The summed E-state index contributed by atoms with van der Waals surface area (Å²) in [5.41, 5.74) is 0.481. The van der Waals surface area contributed by atoms with Crippen molar-refractivity contribution in [2.75, 3.05) is 19.5 Å². The molecular weight excluding hydrogens is 216 g/mol. The van der Waals surface area contributed by atoms with Gasteiger partial charge in [-0.2, -0.15) is 11.8 Å². The Balaban J connectivity index is 2.46. The van der Waals surface area contributed by atoms with Crippen molar-refractivity contribution in [3.05, 3.63) is 23.7 Å². The number of furan rings is 1. The number of rotatable bonds is 6. The van der Waals surface area contributed by atoms with Crippen LogP contribution in [-0.2, 0) is 10.5 Å². The highest BCUT2D eigenvalue weighted by Crippen LogP contribution is 2.18. The Morgan fingerprint density at radius 1 is 1.67 bits per heavy atom. The van der Waals surface area contributed by atoms with Gasteiger partial charge < -0.3 is 14.3 Å². The third-order valence-corrected chi connectivity index (χ3v) is 2.87. The van der Waals surface area contributed by atoms with E-state index in [2.05, 4.69) is 4.74 Å². The van der Waals surface area contributed by atoms with Gasteiger partial charge in [0.2, 0.25) is 0 Å². The Hall–Kier alpha value is -0.940. The maximum Gasteiger partial charge on any atom is 0.341 e. The molecule has 15 heavy (non-hydrogen) atoms. The van der Waals surface area contributed by atoms with Crippen LogP contribution in [0.2, 0.25) is 0 Å². The van der Waals surface area contributed by atoms with E-state index in [1.807, 2.05) is 0 Å². The lowest BCUT2D eigenvalue weighted by molar-refractivity contribution is 0.0598. The fraction of sp³-hybridized carbons (Fsp3) is 0.500. The van der Waals surface area contributed by atoms with Crippen molar-refractivity contribution in [3.63, 3.8) is 0 Å². The van der Waals surface area contributed by atoms with Crippen molar-refractivity contribution in [3.8, 4) is 0 Å². The number of hydrogen-bond acceptors (Lipinski definition) is 5. The molecule has 0 spiro atoms. The number of esters is 1. The van der Waals surface area contributed by atoms with E-state index in [1.54, 1.807) is 17.8 Å². The summed E-state index contributed by atoms with van der Waals surface area (Å²) >= 11 is 1.62. The van der Waals surface area contributed by atoms with E-state index >= 15 is 0 Å². The summed E-state index contributed by atoms with van der Waals surface area (Å²) < 4.78 is 9.80. The summed E-state index contributed by atoms with van der Waals surface area (Å²) in [6.45, 7) is 0.189. The SMILES string of the molecule is COC(=O)c1ccoc1CSCCCO. The van der Waals surface area contributed by atoms with E-state index in [4.69, 9.17) is 9.52 Å². The number of carbonyl (C=O) groups is 1. The second-order valence-corrected chi connectivity index (χ2v) is 3.98. The molecule has 0 amide bonds. The van der Waals surface area contributed by atoms with Gasteiger partial charge in [0.1, 0.15) is 11.3 Å². The van der Waals surface area contributed by atoms with Gasteiger partial charge in [-0.3, -0.25) is 0 Å². The van der Waals surface area contributed by atoms with Crippen molar-refractivity contribution in [2.24, 2.45) is 0 Å². The normalized spacial score (nSPS) is 10.3. The number of aliphatic hydroxyl groups is 1. The molecule has 0 aliphatic heterocycles. The Bertz CT molecular complexity index is 308. The fourth-order valence-electron chi connectivity index (χ4n) is 1.08. The van der Waals surface area contributed by atoms with Crippen molar-refractivity contribution >= 4 is 17.7 Å². The predicted octanol–water partition coefficient (Wildman–Crippen LogP) is 1.68. The molecule has 0 atom stereocenters. The summed E-state index contributed by atoms with van der Waals surface area (Å²) in [6.07, 6.45) is 2.23. The molecule has 1 N–H and O–H groups in total. The number of ether oxygens (including phenoxy) is 1. The van der Waals surface area contributed by atoms with Crippen LogP contribution in [0.4, 0.5) is 0 Å². The van der Waals surface area contributed by atoms with Gasteiger partial charge in [0, 0.05) is 6.61 Å². The average molecular weight is 230 g/mol. The molecule has 0 bridgehead atoms. The number of hydrogen-bond donors (Lipinski definition) is 1. The standard InChI is InChI=1S/C10H14O4S/c1-13-10(12)8-3-5-14-9(8)7-15-6-2-4-11/h3,5,11H,2,4,6-7H2,1H3. The van der Waals surface area contributed by atoms with Gasteiger partial charge in [-0.1, -0.05) is 0 Å². The second-order valence-electron chi connectivity index (χ2n) is 2.88. The van der Waals surface area contributed by atoms with Crippen molar-refractivity contribution in [1.29, 1.82) is 0 Å². The van der Waals surface area contributed by atoms with Gasteiger partial charge in [-0.15, -0.1) is 0 Å². The fourth-order valence-corrected chi connectivity index (χ4v) is 1.96. The van der Waals surface area contributed by atoms with Crippen LogP contribution < -0.4 is 0 Å². The quantitative estimate of drug-likeness (QED) is 0.595. The monoisotopic (exact) mass is 230 g/mol. The highest BCUT2D eigenvalue weighted by molar-refractivity contribution is 7.98. The number of methoxy groups -OCH3 is 1. The Labute approximate surface area is 92.6 Å². The largest absolute Gasteiger partial charge is 0.468 e. The molecule has 0 aliphatic rings. The molecule has 0 saturated heterocycles. The van der Waals surface area contributed by atoms with Gasteiger partial charge in [0.15, 0.2) is 0 Å². The van der Waals surface area contributed by atoms with Crippen LogP contribution in [0.25, 0.3) is 0 Å². The summed E-state index contributed by atoms with van der Waals surface area (Å²) in [7, 11) is 1.35. The Morgan fingerprint density at radius 3 is 3.13 bits per heavy atom.